The molecule has 0 amide bonds. The van der Waals surface area contributed by atoms with Crippen molar-refractivity contribution in [2.75, 3.05) is 6.54 Å². The molecule has 0 radical (unpaired) electrons. The molecule has 10 heteroatoms. The molecule has 7 nitrogen and oxygen atoms in total. The minimum atomic E-state index is -0.613. The van der Waals surface area contributed by atoms with Gasteiger partial charge in [-0.1, -0.05) is 57.5 Å². The fraction of sp³-hybridized carbons (Fsp3) is 0.200. The Morgan fingerprint density at radius 1 is 1.11 bits per heavy atom. The molecule has 0 bridgehead atoms. The molecule has 3 aromatic carbocycles. The van der Waals surface area contributed by atoms with E-state index in [2.05, 4.69) is 26.1 Å². The summed E-state index contributed by atoms with van der Waals surface area (Å²) in [5.74, 6) is 0.803. The first-order chi connectivity index (χ1) is 16.8. The van der Waals surface area contributed by atoms with Gasteiger partial charge in [0.1, 0.15) is 29.2 Å². The van der Waals surface area contributed by atoms with Crippen LogP contribution in [-0.2, 0) is 6.61 Å². The summed E-state index contributed by atoms with van der Waals surface area (Å²) in [6.07, 6.45) is 0. The summed E-state index contributed by atoms with van der Waals surface area (Å²) in [7, 11) is 0. The van der Waals surface area contributed by atoms with Crippen LogP contribution in [0.25, 0.3) is 5.69 Å². The van der Waals surface area contributed by atoms with Crippen molar-refractivity contribution < 1.29 is 14.1 Å². The molecule has 4 rings (SSSR count). The van der Waals surface area contributed by atoms with Gasteiger partial charge in [0.15, 0.2) is 5.16 Å². The number of hydrogen-bond donors (Lipinski definition) is 0. The molecule has 0 aliphatic carbocycles. The molecular formula is C25H22BrFN4O3S. The van der Waals surface area contributed by atoms with Crippen molar-refractivity contribution in [3.05, 3.63) is 110 Å². The summed E-state index contributed by atoms with van der Waals surface area (Å²) >= 11 is 4.72. The lowest BCUT2D eigenvalue weighted by Crippen LogP contribution is -2.13. The number of aromatic nitrogens is 3. The maximum absolute atomic E-state index is 13.6. The van der Waals surface area contributed by atoms with Crippen LogP contribution in [0.5, 0.6) is 5.75 Å². The molecule has 35 heavy (non-hydrogen) atoms. The molecule has 0 unspecified atom stereocenters. The molecular weight excluding hydrogens is 535 g/mol. The quantitative estimate of drug-likeness (QED) is 0.133. The Morgan fingerprint density at radius 2 is 1.89 bits per heavy atom. The van der Waals surface area contributed by atoms with Crippen LogP contribution < -0.4 is 4.74 Å². The summed E-state index contributed by atoms with van der Waals surface area (Å²) in [6.45, 7) is 3.62. The van der Waals surface area contributed by atoms with Gasteiger partial charge < -0.3 is 4.74 Å². The van der Waals surface area contributed by atoms with Crippen LogP contribution in [0.3, 0.4) is 0 Å². The van der Waals surface area contributed by atoms with Crippen molar-refractivity contribution in [3.63, 3.8) is 0 Å². The summed E-state index contributed by atoms with van der Waals surface area (Å²) in [4.78, 5) is 11.3. The van der Waals surface area contributed by atoms with E-state index in [0.717, 1.165) is 15.7 Å². The van der Waals surface area contributed by atoms with E-state index < -0.39 is 5.25 Å². The Bertz CT molecular complexity index is 1350. The highest BCUT2D eigenvalue weighted by molar-refractivity contribution is 9.10. The van der Waals surface area contributed by atoms with Gasteiger partial charge in [0, 0.05) is 20.6 Å². The molecule has 0 N–H and O–H groups in total. The van der Waals surface area contributed by atoms with E-state index in [-0.39, 0.29) is 23.9 Å². The first kappa shape index (κ1) is 24.9. The van der Waals surface area contributed by atoms with Gasteiger partial charge in [-0.05, 0) is 61.9 Å². The van der Waals surface area contributed by atoms with E-state index in [1.165, 1.54) is 23.9 Å². The Labute approximate surface area is 214 Å². The molecule has 4 aromatic rings. The number of benzene rings is 3. The van der Waals surface area contributed by atoms with Gasteiger partial charge in [-0.3, -0.25) is 14.7 Å². The normalized spacial score (nSPS) is 11.9. The fourth-order valence-electron chi connectivity index (χ4n) is 3.56. The molecule has 0 saturated heterocycles. The van der Waals surface area contributed by atoms with Crippen LogP contribution >= 0.6 is 27.7 Å². The molecule has 180 valence electrons. The minimum Gasteiger partial charge on any atom is -0.489 e. The second kappa shape index (κ2) is 11.0. The highest BCUT2D eigenvalue weighted by atomic mass is 79.9. The number of rotatable bonds is 9. The lowest BCUT2D eigenvalue weighted by Gasteiger charge is -2.18. The van der Waals surface area contributed by atoms with Crippen LogP contribution in [-0.4, -0.2) is 26.2 Å². The molecule has 0 saturated carbocycles. The number of nitrogens with zero attached hydrogens (tertiary/aromatic N) is 4. The first-order valence-corrected chi connectivity index (χ1v) is 12.4. The van der Waals surface area contributed by atoms with Crippen molar-refractivity contribution in [1.82, 2.24) is 14.8 Å². The zero-order chi connectivity index (χ0) is 24.9. The minimum absolute atomic E-state index is 0.126. The van der Waals surface area contributed by atoms with Gasteiger partial charge in [0.2, 0.25) is 6.54 Å². The standard InChI is InChI=1S/C25H22BrFN4O3S/c1-16-6-9-21(10-7-16)31-17(2)28-29-25(31)35-24(14-30(32)33)22-13-19(26)8-11-23(22)34-15-18-4-3-5-20(27)12-18/h3-13,24H,14-15H2,1-2H3/t24-/m0/s1. The smallest absolute Gasteiger partial charge is 0.220 e. The summed E-state index contributed by atoms with van der Waals surface area (Å²) in [5.41, 5.74) is 3.28. The number of halogens is 2. The van der Waals surface area contributed by atoms with Crippen molar-refractivity contribution in [3.8, 4) is 11.4 Å². The van der Waals surface area contributed by atoms with Crippen molar-refractivity contribution in [2.24, 2.45) is 0 Å². The van der Waals surface area contributed by atoms with E-state index in [4.69, 9.17) is 4.74 Å². The summed E-state index contributed by atoms with van der Waals surface area (Å²) in [5, 5.41) is 20.1. The zero-order valence-electron chi connectivity index (χ0n) is 19.0. The van der Waals surface area contributed by atoms with Gasteiger partial charge in [-0.25, -0.2) is 4.39 Å². The molecule has 0 spiro atoms. The number of ether oxygens (including phenoxy) is 1. The summed E-state index contributed by atoms with van der Waals surface area (Å²) in [6, 6.07) is 19.4. The average molecular weight is 557 g/mol. The Balaban J connectivity index is 1.68. The second-order valence-electron chi connectivity index (χ2n) is 7.92. The highest BCUT2D eigenvalue weighted by Crippen LogP contribution is 2.41. The van der Waals surface area contributed by atoms with Crippen LogP contribution in [0, 0.1) is 29.8 Å². The monoisotopic (exact) mass is 556 g/mol. The predicted octanol–water partition coefficient (Wildman–Crippen LogP) is 6.47. The lowest BCUT2D eigenvalue weighted by molar-refractivity contribution is -0.479. The summed E-state index contributed by atoms with van der Waals surface area (Å²) < 4.78 is 22.2. The molecule has 1 atom stereocenters. The number of nitro groups is 1. The maximum Gasteiger partial charge on any atom is 0.220 e. The van der Waals surface area contributed by atoms with Crippen molar-refractivity contribution in [1.29, 1.82) is 0 Å². The van der Waals surface area contributed by atoms with Crippen LogP contribution in [0.1, 0.15) is 27.8 Å². The van der Waals surface area contributed by atoms with Gasteiger partial charge in [-0.2, -0.15) is 0 Å². The highest BCUT2D eigenvalue weighted by Gasteiger charge is 2.27. The van der Waals surface area contributed by atoms with E-state index in [9.17, 15) is 14.5 Å². The van der Waals surface area contributed by atoms with Crippen LogP contribution in [0.2, 0.25) is 0 Å². The molecule has 0 fully saturated rings. The molecule has 1 aromatic heterocycles. The predicted molar refractivity (Wildman–Crippen MR) is 136 cm³/mol. The Kier molecular flexibility index (Phi) is 7.82. The first-order valence-electron chi connectivity index (χ1n) is 10.7. The average Bonchev–Trinajstić information content (AvgIpc) is 3.18. The van der Waals surface area contributed by atoms with Crippen LogP contribution in [0.15, 0.2) is 76.4 Å². The maximum atomic E-state index is 13.6. The van der Waals surface area contributed by atoms with Gasteiger partial charge >= 0.3 is 0 Å². The molecule has 0 aliphatic heterocycles. The Hall–Kier alpha value is -3.24. The van der Waals surface area contributed by atoms with Crippen molar-refractivity contribution >= 4 is 27.7 Å². The van der Waals surface area contributed by atoms with Crippen molar-refractivity contribution in [2.45, 2.75) is 30.9 Å². The van der Waals surface area contributed by atoms with Gasteiger partial charge in [-0.15, -0.1) is 10.2 Å². The molecule has 0 aliphatic rings. The molecule has 1 heterocycles. The van der Waals surface area contributed by atoms with E-state index >= 15 is 0 Å². The lowest BCUT2D eigenvalue weighted by atomic mass is 10.1. The number of hydrogen-bond acceptors (Lipinski definition) is 6. The fourth-order valence-corrected chi connectivity index (χ4v) is 5.13. The van der Waals surface area contributed by atoms with E-state index in [0.29, 0.717) is 27.9 Å². The Morgan fingerprint density at radius 3 is 2.60 bits per heavy atom. The SMILES string of the molecule is Cc1ccc(-n2c(C)nnc2S[C@@H](C[N+](=O)[O-])c2cc(Br)ccc2OCc2cccc(F)c2)cc1. The largest absolute Gasteiger partial charge is 0.489 e. The second-order valence-corrected chi connectivity index (χ2v) is 10.0. The third-order valence-electron chi connectivity index (χ3n) is 5.25. The third-order valence-corrected chi connectivity index (χ3v) is 6.91. The number of thioether (sulfide) groups is 1. The van der Waals surface area contributed by atoms with Gasteiger partial charge in [0.25, 0.3) is 0 Å². The topological polar surface area (TPSA) is 83.1 Å². The van der Waals surface area contributed by atoms with Gasteiger partial charge in [0.05, 0.1) is 0 Å². The zero-order valence-corrected chi connectivity index (χ0v) is 21.4. The third kappa shape index (κ3) is 6.26. The van der Waals surface area contributed by atoms with E-state index in [1.807, 2.05) is 48.7 Å². The van der Waals surface area contributed by atoms with Crippen LogP contribution in [0.4, 0.5) is 4.39 Å². The van der Waals surface area contributed by atoms with E-state index in [1.54, 1.807) is 24.3 Å². The number of aryl methyl sites for hydroxylation is 2.